The van der Waals surface area contributed by atoms with Crippen LogP contribution in [-0.4, -0.2) is 83.1 Å². The number of ether oxygens (including phenoxy) is 6. The van der Waals surface area contributed by atoms with Gasteiger partial charge in [-0.05, 0) is 0 Å². The summed E-state index contributed by atoms with van der Waals surface area (Å²) in [5, 5.41) is 0. The third kappa shape index (κ3) is 7.41. The van der Waals surface area contributed by atoms with Gasteiger partial charge in [0.1, 0.15) is 13.2 Å². The topological polar surface area (TPSA) is 89.5 Å². The Labute approximate surface area is 133 Å². The van der Waals surface area contributed by atoms with Crippen molar-refractivity contribution in [2.45, 2.75) is 12.4 Å². The van der Waals surface area contributed by atoms with Gasteiger partial charge in [0.05, 0.1) is 19.8 Å². The van der Waals surface area contributed by atoms with Crippen LogP contribution in [-0.2, 0) is 38.0 Å². The van der Waals surface area contributed by atoms with Crippen molar-refractivity contribution in [3.63, 3.8) is 0 Å². The van der Waals surface area contributed by atoms with Gasteiger partial charge in [-0.3, -0.25) is 0 Å². The van der Waals surface area contributed by atoms with Crippen molar-refractivity contribution < 1.29 is 38.0 Å². The molecule has 0 radical (unpaired) electrons. The van der Waals surface area contributed by atoms with Crippen molar-refractivity contribution in [1.29, 1.82) is 0 Å². The van der Waals surface area contributed by atoms with Crippen LogP contribution in [0.15, 0.2) is 0 Å². The summed E-state index contributed by atoms with van der Waals surface area (Å²) in [6.45, 7) is 1.01. The molecule has 1 unspecified atom stereocenters. The lowest BCUT2D eigenvalue weighted by Crippen LogP contribution is -2.42. The molecule has 1 aliphatic heterocycles. The molecule has 8 nitrogen and oxygen atoms in total. The fourth-order valence-corrected chi connectivity index (χ4v) is 2.25. The Morgan fingerprint density at radius 2 is 1.68 bits per heavy atom. The summed E-state index contributed by atoms with van der Waals surface area (Å²) in [7, 11) is 2.96. The number of rotatable bonds is 10. The van der Waals surface area contributed by atoms with E-state index < -0.39 is 24.3 Å². The minimum atomic E-state index is -1.47. The molecule has 1 heterocycles. The van der Waals surface area contributed by atoms with E-state index in [-0.39, 0.29) is 26.4 Å². The lowest BCUT2D eigenvalue weighted by atomic mass is 10.3. The zero-order chi connectivity index (χ0) is 16.2. The summed E-state index contributed by atoms with van der Waals surface area (Å²) < 4.78 is 30.2. The van der Waals surface area contributed by atoms with Gasteiger partial charge in [0.2, 0.25) is 0 Å². The van der Waals surface area contributed by atoms with Crippen molar-refractivity contribution >= 4 is 23.7 Å². The average Bonchev–Trinajstić information content (AvgIpc) is 2.54. The van der Waals surface area contributed by atoms with Crippen LogP contribution >= 0.6 is 11.8 Å². The van der Waals surface area contributed by atoms with E-state index in [0.717, 1.165) is 5.75 Å². The third-order valence-electron chi connectivity index (χ3n) is 2.56. The van der Waals surface area contributed by atoms with Crippen molar-refractivity contribution in [2.24, 2.45) is 0 Å². The zero-order valence-electron chi connectivity index (χ0n) is 12.8. The standard InChI is InChI=1S/C13H22O8S/c1-16-3-5-19-12(14)11(13(15)20-6-4-17-2)21-10-9-22-8-7-18-10/h10-11H,3-9H2,1-2H3. The van der Waals surface area contributed by atoms with E-state index in [1.807, 2.05) is 0 Å². The van der Waals surface area contributed by atoms with Crippen LogP contribution in [0.2, 0.25) is 0 Å². The molecular formula is C13H22O8S. The van der Waals surface area contributed by atoms with Gasteiger partial charge >= 0.3 is 11.9 Å². The molecule has 0 aromatic rings. The van der Waals surface area contributed by atoms with Gasteiger partial charge in [-0.25, -0.2) is 9.59 Å². The molecule has 0 N–H and O–H groups in total. The second-order valence-electron chi connectivity index (χ2n) is 4.21. The summed E-state index contributed by atoms with van der Waals surface area (Å²) in [5.41, 5.74) is 0. The first-order valence-electron chi connectivity index (χ1n) is 6.85. The van der Waals surface area contributed by atoms with E-state index in [1.165, 1.54) is 14.2 Å². The first-order valence-corrected chi connectivity index (χ1v) is 8.00. The van der Waals surface area contributed by atoms with Crippen molar-refractivity contribution in [2.75, 3.05) is 58.8 Å². The normalized spacial score (nSPS) is 18.2. The Bertz CT molecular complexity index is 310. The van der Waals surface area contributed by atoms with Crippen LogP contribution in [0.1, 0.15) is 0 Å². The molecule has 128 valence electrons. The van der Waals surface area contributed by atoms with Gasteiger partial charge in [-0.15, -0.1) is 0 Å². The predicted molar refractivity (Wildman–Crippen MR) is 77.6 cm³/mol. The van der Waals surface area contributed by atoms with Crippen molar-refractivity contribution in [3.8, 4) is 0 Å². The summed E-state index contributed by atoms with van der Waals surface area (Å²) >= 11 is 1.62. The zero-order valence-corrected chi connectivity index (χ0v) is 13.6. The molecule has 0 aromatic carbocycles. The van der Waals surface area contributed by atoms with Crippen molar-refractivity contribution in [1.82, 2.24) is 0 Å². The second-order valence-corrected chi connectivity index (χ2v) is 5.36. The van der Waals surface area contributed by atoms with Crippen LogP contribution in [0, 0.1) is 0 Å². The van der Waals surface area contributed by atoms with Gasteiger partial charge in [-0.2, -0.15) is 11.8 Å². The molecule has 1 saturated heterocycles. The first kappa shape index (κ1) is 19.2. The number of methoxy groups -OCH3 is 2. The lowest BCUT2D eigenvalue weighted by molar-refractivity contribution is -0.201. The third-order valence-corrected chi connectivity index (χ3v) is 3.53. The molecule has 0 amide bonds. The van der Waals surface area contributed by atoms with Gasteiger partial charge in [0.25, 0.3) is 6.10 Å². The molecule has 1 fully saturated rings. The highest BCUT2D eigenvalue weighted by atomic mass is 32.2. The number of hydrogen-bond donors (Lipinski definition) is 0. The number of thioether (sulfide) groups is 1. The SMILES string of the molecule is COCCOC(=O)C(OC1CSCCO1)C(=O)OCCOC. The second kappa shape index (κ2) is 11.7. The number of esters is 2. The molecular weight excluding hydrogens is 316 g/mol. The first-order chi connectivity index (χ1) is 10.7. The van der Waals surface area contributed by atoms with Gasteiger partial charge in [0.15, 0.2) is 6.29 Å². The number of carbonyl (C=O) groups is 2. The monoisotopic (exact) mass is 338 g/mol. The van der Waals surface area contributed by atoms with Crippen LogP contribution in [0.25, 0.3) is 0 Å². The average molecular weight is 338 g/mol. The highest BCUT2D eigenvalue weighted by molar-refractivity contribution is 7.99. The van der Waals surface area contributed by atoms with E-state index in [0.29, 0.717) is 12.4 Å². The molecule has 0 spiro atoms. The summed E-state index contributed by atoms with van der Waals surface area (Å²) in [6.07, 6.45) is -2.12. The fourth-order valence-electron chi connectivity index (χ4n) is 1.51. The predicted octanol–water partition coefficient (Wildman–Crippen LogP) is -0.160. The van der Waals surface area contributed by atoms with Crippen LogP contribution in [0.5, 0.6) is 0 Å². The maximum Gasteiger partial charge on any atom is 0.347 e. The molecule has 9 heteroatoms. The molecule has 1 aliphatic rings. The summed E-state index contributed by atoms with van der Waals surface area (Å²) in [6, 6.07) is 0. The summed E-state index contributed by atoms with van der Waals surface area (Å²) in [5.74, 6) is -0.258. The van der Waals surface area contributed by atoms with Gasteiger partial charge in [0, 0.05) is 25.7 Å². The Hall–Kier alpha value is -0.870. The lowest BCUT2D eigenvalue weighted by Gasteiger charge is -2.25. The molecule has 0 aromatic heterocycles. The largest absolute Gasteiger partial charge is 0.461 e. The Morgan fingerprint density at radius 3 is 2.14 bits per heavy atom. The van der Waals surface area contributed by atoms with Crippen LogP contribution in [0.4, 0.5) is 0 Å². The quantitative estimate of drug-likeness (QED) is 0.306. The summed E-state index contributed by atoms with van der Waals surface area (Å²) in [4.78, 5) is 23.9. The minimum absolute atomic E-state index is 0.0286. The molecule has 0 bridgehead atoms. The Morgan fingerprint density at radius 1 is 1.09 bits per heavy atom. The number of hydrogen-bond acceptors (Lipinski definition) is 9. The minimum Gasteiger partial charge on any atom is -0.461 e. The molecule has 0 saturated carbocycles. The smallest absolute Gasteiger partial charge is 0.347 e. The van der Waals surface area contributed by atoms with Crippen molar-refractivity contribution in [3.05, 3.63) is 0 Å². The van der Waals surface area contributed by atoms with Crippen LogP contribution in [0.3, 0.4) is 0 Å². The van der Waals surface area contributed by atoms with E-state index in [1.54, 1.807) is 11.8 Å². The van der Waals surface area contributed by atoms with Crippen LogP contribution < -0.4 is 0 Å². The highest BCUT2D eigenvalue weighted by Gasteiger charge is 2.34. The van der Waals surface area contributed by atoms with E-state index in [4.69, 9.17) is 28.4 Å². The molecule has 1 atom stereocenters. The number of carbonyl (C=O) groups excluding carboxylic acids is 2. The Kier molecular flexibility index (Phi) is 10.2. The van der Waals surface area contributed by atoms with Gasteiger partial charge < -0.3 is 28.4 Å². The maximum atomic E-state index is 12.0. The molecule has 0 aliphatic carbocycles. The molecule has 22 heavy (non-hydrogen) atoms. The Balaban J connectivity index is 2.53. The van der Waals surface area contributed by atoms with E-state index in [9.17, 15) is 9.59 Å². The molecule has 1 rings (SSSR count). The van der Waals surface area contributed by atoms with E-state index in [2.05, 4.69) is 0 Å². The highest BCUT2D eigenvalue weighted by Crippen LogP contribution is 2.16. The van der Waals surface area contributed by atoms with Gasteiger partial charge in [-0.1, -0.05) is 0 Å². The fraction of sp³-hybridized carbons (Fsp3) is 0.846. The van der Waals surface area contributed by atoms with E-state index >= 15 is 0 Å². The maximum absolute atomic E-state index is 12.0.